The number of oxazole rings is 1. The number of nitrogens with zero attached hydrogens (tertiary/aromatic N) is 1. The minimum Gasteiger partial charge on any atom is -1.00 e. The molecule has 0 amide bonds. The summed E-state index contributed by atoms with van der Waals surface area (Å²) in [5, 5.41) is 0. The summed E-state index contributed by atoms with van der Waals surface area (Å²) in [6.07, 6.45) is 5.08. The molecule has 0 fully saturated rings. The van der Waals surface area contributed by atoms with Crippen LogP contribution in [0.15, 0.2) is 23.3 Å². The molecule has 2 nitrogen and oxygen atoms in total. The van der Waals surface area contributed by atoms with Crippen LogP contribution in [0.2, 0.25) is 0 Å². The van der Waals surface area contributed by atoms with Crippen LogP contribution in [0.1, 0.15) is 0 Å². The Morgan fingerprint density at radius 2 is 2.29 bits per heavy atom. The lowest BCUT2D eigenvalue weighted by Crippen LogP contribution is -3.00. The minimum absolute atomic E-state index is 0. The van der Waals surface area contributed by atoms with Crippen LogP contribution in [0.3, 0.4) is 0 Å². The van der Waals surface area contributed by atoms with Gasteiger partial charge in [-0.2, -0.15) is 4.57 Å². The molecule has 0 unspecified atom stereocenters. The number of hydrogen-bond acceptors (Lipinski definition) is 1. The first-order chi connectivity index (χ1) is 2.89. The monoisotopic (exact) mass is 119 g/mol. The van der Waals surface area contributed by atoms with Crippen molar-refractivity contribution in [3.63, 3.8) is 0 Å². The molecule has 1 aromatic heterocycles. The highest BCUT2D eigenvalue weighted by atomic mass is 35.5. The molecule has 0 radical (unpaired) electrons. The van der Waals surface area contributed by atoms with Gasteiger partial charge in [-0.1, -0.05) is 0 Å². The third-order valence-electron chi connectivity index (χ3n) is 0.602. The first-order valence-corrected chi connectivity index (χ1v) is 1.77. The van der Waals surface area contributed by atoms with E-state index in [-0.39, 0.29) is 12.4 Å². The molecular weight excluding hydrogens is 114 g/mol. The number of aryl methyl sites for hydroxylation is 1. The van der Waals surface area contributed by atoms with Crippen molar-refractivity contribution in [2.75, 3.05) is 0 Å². The van der Waals surface area contributed by atoms with Gasteiger partial charge in [0.15, 0.2) is 6.26 Å². The molecule has 7 heavy (non-hydrogen) atoms. The zero-order valence-corrected chi connectivity index (χ0v) is 4.72. The highest BCUT2D eigenvalue weighted by molar-refractivity contribution is 4.44. The van der Waals surface area contributed by atoms with Crippen molar-refractivity contribution in [3.8, 4) is 0 Å². The van der Waals surface area contributed by atoms with Crippen molar-refractivity contribution < 1.29 is 21.4 Å². The SMILES string of the molecule is C[n+]1ccoc1.[Cl-]. The summed E-state index contributed by atoms with van der Waals surface area (Å²) in [7, 11) is 1.91. The molecule has 1 rings (SSSR count). The second-order valence-electron chi connectivity index (χ2n) is 1.19. The largest absolute Gasteiger partial charge is 1.00 e. The molecule has 1 aromatic rings. The maximum atomic E-state index is 4.68. The molecule has 0 aliphatic rings. The topological polar surface area (TPSA) is 17.0 Å². The van der Waals surface area contributed by atoms with Crippen LogP contribution in [0, 0.1) is 0 Å². The number of rotatable bonds is 0. The molecule has 0 aliphatic carbocycles. The molecule has 0 N–H and O–H groups in total. The van der Waals surface area contributed by atoms with Gasteiger partial charge in [-0.3, -0.25) is 0 Å². The Morgan fingerprint density at radius 1 is 1.57 bits per heavy atom. The van der Waals surface area contributed by atoms with Crippen molar-refractivity contribution in [1.29, 1.82) is 0 Å². The molecule has 0 bridgehead atoms. The number of hydrogen-bond donors (Lipinski definition) is 0. The van der Waals surface area contributed by atoms with Crippen LogP contribution in [0.25, 0.3) is 0 Å². The number of halogens is 1. The zero-order valence-electron chi connectivity index (χ0n) is 3.97. The van der Waals surface area contributed by atoms with Crippen LogP contribution in [0.5, 0.6) is 0 Å². The highest BCUT2D eigenvalue weighted by Crippen LogP contribution is 1.69. The normalized spacial score (nSPS) is 7.57. The molecule has 0 aromatic carbocycles. The molecule has 3 heteroatoms. The second-order valence-corrected chi connectivity index (χ2v) is 1.19. The summed E-state index contributed by atoms with van der Waals surface area (Å²) in [6, 6.07) is 0. The average Bonchev–Trinajstić information content (AvgIpc) is 1.86. The lowest BCUT2D eigenvalue weighted by atomic mass is 10.9. The van der Waals surface area contributed by atoms with E-state index in [1.165, 1.54) is 0 Å². The van der Waals surface area contributed by atoms with Gasteiger partial charge in [0.1, 0.15) is 7.05 Å². The summed E-state index contributed by atoms with van der Waals surface area (Å²) >= 11 is 0. The van der Waals surface area contributed by atoms with Gasteiger partial charge < -0.3 is 16.8 Å². The fourth-order valence-corrected chi connectivity index (χ4v) is 0.297. The standard InChI is InChI=1S/C4H6NO.ClH/c1-5-2-3-6-4-5;/h2-4H,1H3;1H/q+1;/p-1. The number of aromatic nitrogens is 1. The van der Waals surface area contributed by atoms with Gasteiger partial charge in [0, 0.05) is 0 Å². The van der Waals surface area contributed by atoms with Gasteiger partial charge in [-0.15, -0.1) is 0 Å². The summed E-state index contributed by atoms with van der Waals surface area (Å²) in [4.78, 5) is 0. The maximum Gasteiger partial charge on any atom is 0.334 e. The third-order valence-corrected chi connectivity index (χ3v) is 0.602. The van der Waals surface area contributed by atoms with Gasteiger partial charge in [-0.05, 0) is 0 Å². The first-order valence-electron chi connectivity index (χ1n) is 1.77. The van der Waals surface area contributed by atoms with Crippen LogP contribution < -0.4 is 17.0 Å². The van der Waals surface area contributed by atoms with E-state index in [0.717, 1.165) is 0 Å². The quantitative estimate of drug-likeness (QED) is 0.335. The maximum absolute atomic E-state index is 4.68. The Balaban J connectivity index is 0.000000360. The molecule has 0 aliphatic heterocycles. The summed E-state index contributed by atoms with van der Waals surface area (Å²) in [5.41, 5.74) is 0. The predicted octanol–water partition coefficient (Wildman–Crippen LogP) is -2.89. The molecule has 0 saturated carbocycles. The van der Waals surface area contributed by atoms with Gasteiger partial charge in [0.25, 0.3) is 0 Å². The van der Waals surface area contributed by atoms with E-state index in [1.807, 2.05) is 17.8 Å². The van der Waals surface area contributed by atoms with Gasteiger partial charge in [0.2, 0.25) is 6.20 Å². The summed E-state index contributed by atoms with van der Waals surface area (Å²) in [5.74, 6) is 0. The van der Waals surface area contributed by atoms with E-state index in [2.05, 4.69) is 4.42 Å². The smallest absolute Gasteiger partial charge is 0.334 e. The van der Waals surface area contributed by atoms with E-state index < -0.39 is 0 Å². The Bertz CT molecular complexity index is 115. The van der Waals surface area contributed by atoms with Gasteiger partial charge >= 0.3 is 6.39 Å². The summed E-state index contributed by atoms with van der Waals surface area (Å²) < 4.78 is 6.51. The van der Waals surface area contributed by atoms with Gasteiger partial charge in [-0.25, -0.2) is 0 Å². The van der Waals surface area contributed by atoms with E-state index in [4.69, 9.17) is 0 Å². The van der Waals surface area contributed by atoms with Crippen LogP contribution >= 0.6 is 0 Å². The van der Waals surface area contributed by atoms with Crippen molar-refractivity contribution in [1.82, 2.24) is 0 Å². The Morgan fingerprint density at radius 3 is 2.43 bits per heavy atom. The third kappa shape index (κ3) is 1.59. The van der Waals surface area contributed by atoms with E-state index in [1.54, 1.807) is 12.7 Å². The Labute approximate surface area is 48.2 Å². The fourth-order valence-electron chi connectivity index (χ4n) is 0.297. The van der Waals surface area contributed by atoms with E-state index in [9.17, 15) is 0 Å². The Kier molecular flexibility index (Phi) is 2.45. The van der Waals surface area contributed by atoms with Crippen molar-refractivity contribution in [2.45, 2.75) is 0 Å². The minimum atomic E-state index is 0. The fraction of sp³-hybridized carbons (Fsp3) is 0.250. The second kappa shape index (κ2) is 2.64. The molecular formula is C4H6ClNO. The molecule has 0 spiro atoms. The zero-order chi connectivity index (χ0) is 4.41. The van der Waals surface area contributed by atoms with E-state index >= 15 is 0 Å². The molecule has 0 saturated heterocycles. The van der Waals surface area contributed by atoms with Gasteiger partial charge in [0.05, 0.1) is 0 Å². The average molecular weight is 120 g/mol. The van der Waals surface area contributed by atoms with Crippen molar-refractivity contribution in [2.24, 2.45) is 7.05 Å². The lowest BCUT2D eigenvalue weighted by Gasteiger charge is -1.60. The van der Waals surface area contributed by atoms with Crippen molar-refractivity contribution in [3.05, 3.63) is 18.9 Å². The highest BCUT2D eigenvalue weighted by Gasteiger charge is 1.83. The van der Waals surface area contributed by atoms with Crippen LogP contribution in [0.4, 0.5) is 0 Å². The van der Waals surface area contributed by atoms with E-state index in [0.29, 0.717) is 0 Å². The Hall–Kier alpha value is -0.500. The first kappa shape index (κ1) is 6.50. The predicted molar refractivity (Wildman–Crippen MR) is 19.9 cm³/mol. The molecule has 40 valence electrons. The molecule has 1 heterocycles. The van der Waals surface area contributed by atoms with Crippen LogP contribution in [-0.2, 0) is 7.05 Å². The van der Waals surface area contributed by atoms with Crippen molar-refractivity contribution >= 4 is 0 Å². The lowest BCUT2D eigenvalue weighted by molar-refractivity contribution is -0.674. The van der Waals surface area contributed by atoms with Crippen LogP contribution in [-0.4, -0.2) is 0 Å². The summed E-state index contributed by atoms with van der Waals surface area (Å²) in [6.45, 7) is 0. The molecule has 0 atom stereocenters.